The van der Waals surface area contributed by atoms with Crippen molar-refractivity contribution in [1.29, 1.82) is 0 Å². The second kappa shape index (κ2) is 19.5. The van der Waals surface area contributed by atoms with Crippen LogP contribution >= 0.6 is 0 Å². The Labute approximate surface area is 377 Å². The number of carboxylic acids is 1. The summed E-state index contributed by atoms with van der Waals surface area (Å²) in [6.45, 7) is 4.71. The molecular formula is C42H39N7O14S3. The van der Waals surface area contributed by atoms with Crippen molar-refractivity contribution in [2.45, 2.75) is 37.0 Å². The number of fused-ring (bicyclic) bond motifs is 1. The molecule has 0 aliphatic carbocycles. The van der Waals surface area contributed by atoms with Gasteiger partial charge in [0.25, 0.3) is 30.4 Å². The highest BCUT2D eigenvalue weighted by Crippen LogP contribution is 2.43. The Morgan fingerprint density at radius 2 is 1.17 bits per heavy atom. The van der Waals surface area contributed by atoms with E-state index in [0.717, 1.165) is 18.2 Å². The molecule has 6 N–H and O–H groups in total. The zero-order valence-electron chi connectivity index (χ0n) is 35.1. The maximum atomic E-state index is 12.6. The van der Waals surface area contributed by atoms with Gasteiger partial charge in [0.1, 0.15) is 38.4 Å². The Bertz CT molecular complexity index is 3330. The first-order chi connectivity index (χ1) is 31.0. The molecule has 0 bridgehead atoms. The second-order valence-corrected chi connectivity index (χ2v) is 18.8. The van der Waals surface area contributed by atoms with Crippen molar-refractivity contribution >= 4 is 92.6 Å². The van der Waals surface area contributed by atoms with Crippen LogP contribution in [0.5, 0.6) is 17.2 Å². The van der Waals surface area contributed by atoms with Gasteiger partial charge in [0.15, 0.2) is 5.75 Å². The normalized spacial score (nSPS) is 12.4. The fourth-order valence-corrected chi connectivity index (χ4v) is 8.00. The average Bonchev–Trinajstić information content (AvgIpc) is 3.24. The molecule has 344 valence electrons. The fraction of sp³-hybridized carbons (Fsp3) is 0.167. The number of phenolic OH excluding ortho intramolecular Hbond substituents is 1. The Kier molecular flexibility index (Phi) is 14.2. The number of aromatic carboxylic acids is 1. The number of aryl methyl sites for hydroxylation is 3. The van der Waals surface area contributed by atoms with Gasteiger partial charge in [-0.2, -0.15) is 40.6 Å². The lowest BCUT2D eigenvalue weighted by molar-refractivity contribution is 0.0696. The molecule has 21 nitrogen and oxygen atoms in total. The lowest BCUT2D eigenvalue weighted by Gasteiger charge is -2.12. The van der Waals surface area contributed by atoms with Gasteiger partial charge in [0, 0.05) is 22.8 Å². The summed E-state index contributed by atoms with van der Waals surface area (Å²) in [7, 11) is -12.6. The van der Waals surface area contributed by atoms with Crippen LogP contribution in [0.4, 0.5) is 45.5 Å². The van der Waals surface area contributed by atoms with Gasteiger partial charge in [-0.25, -0.2) is 4.79 Å². The van der Waals surface area contributed by atoms with E-state index in [-0.39, 0.29) is 52.3 Å². The molecule has 24 heteroatoms. The number of methoxy groups -OCH3 is 1. The van der Waals surface area contributed by atoms with Gasteiger partial charge < -0.3 is 25.0 Å². The maximum absolute atomic E-state index is 12.6. The number of rotatable bonds is 17. The summed E-state index contributed by atoms with van der Waals surface area (Å²) >= 11 is 0. The summed E-state index contributed by atoms with van der Waals surface area (Å²) in [5, 5.41) is 49.2. The van der Waals surface area contributed by atoms with Crippen LogP contribution in [0.15, 0.2) is 131 Å². The summed E-state index contributed by atoms with van der Waals surface area (Å²) in [6.07, 6.45) is -0.130. The van der Waals surface area contributed by atoms with Crippen molar-refractivity contribution in [3.05, 3.63) is 113 Å². The van der Waals surface area contributed by atoms with Crippen molar-refractivity contribution in [1.82, 2.24) is 0 Å². The van der Waals surface area contributed by atoms with Gasteiger partial charge >= 0.3 is 5.97 Å². The Morgan fingerprint density at radius 3 is 1.74 bits per heavy atom. The van der Waals surface area contributed by atoms with Crippen molar-refractivity contribution in [3.8, 4) is 17.2 Å². The maximum Gasteiger partial charge on any atom is 0.335 e. The van der Waals surface area contributed by atoms with E-state index in [9.17, 15) is 53.9 Å². The van der Waals surface area contributed by atoms with Crippen LogP contribution in [0.2, 0.25) is 0 Å². The number of aromatic hydroxyl groups is 1. The van der Waals surface area contributed by atoms with Crippen molar-refractivity contribution in [3.63, 3.8) is 0 Å². The van der Waals surface area contributed by atoms with Crippen molar-refractivity contribution in [2.24, 2.45) is 30.7 Å². The van der Waals surface area contributed by atoms with Crippen LogP contribution in [0.3, 0.4) is 0 Å². The number of anilines is 2. The quantitative estimate of drug-likeness (QED) is 0.0281. The van der Waals surface area contributed by atoms with E-state index < -0.39 is 68.9 Å². The lowest BCUT2D eigenvalue weighted by atomic mass is 10.1. The standard InChI is InChI=1S/C42H39N7O14S3/c1-23-17-34(47-49-40-39(66(59,60)61)21-27-19-29(9-12-31(27)41(40)50)43-28-7-10-30(62-4)11-8-28)24(2)16-33(23)45-48-36-18-25(3)35(22-37(36)63-14-5-15-64(53,54)55)46-44-32-13-6-26(42(51)52)20-38(32)65(56,57)58/h6-13,16-22,43,50H,5,14-15H2,1-4H3,(H,51,52)(H,53,54,55)(H,56,57,58)(H,59,60,61). The van der Waals surface area contributed by atoms with Crippen LogP contribution < -0.4 is 14.8 Å². The van der Waals surface area contributed by atoms with E-state index in [4.69, 9.17) is 9.47 Å². The largest absolute Gasteiger partial charge is 0.505 e. The minimum atomic E-state index is -4.93. The number of hydrogen-bond donors (Lipinski definition) is 6. The molecule has 0 radical (unpaired) electrons. The highest BCUT2D eigenvalue weighted by atomic mass is 32.2. The van der Waals surface area contributed by atoms with E-state index in [1.54, 1.807) is 82.5 Å². The summed E-state index contributed by atoms with van der Waals surface area (Å²) in [6, 6.07) is 21.9. The molecule has 6 aromatic rings. The van der Waals surface area contributed by atoms with Gasteiger partial charge in [-0.1, -0.05) is 0 Å². The molecule has 0 fully saturated rings. The number of nitrogens with zero attached hydrogens (tertiary/aromatic N) is 6. The van der Waals surface area contributed by atoms with Gasteiger partial charge in [0.2, 0.25) is 0 Å². The molecule has 0 unspecified atom stereocenters. The summed E-state index contributed by atoms with van der Waals surface area (Å²) in [5.41, 5.74) is 2.16. The van der Waals surface area contributed by atoms with Crippen LogP contribution in [0.1, 0.15) is 33.5 Å². The number of carbonyl (C=O) groups is 1. The van der Waals surface area contributed by atoms with E-state index in [1.165, 1.54) is 18.2 Å². The predicted octanol–water partition coefficient (Wildman–Crippen LogP) is 10.3. The highest BCUT2D eigenvalue weighted by molar-refractivity contribution is 7.86. The predicted molar refractivity (Wildman–Crippen MR) is 241 cm³/mol. The van der Waals surface area contributed by atoms with Gasteiger partial charge in [-0.05, 0) is 134 Å². The number of nitrogens with one attached hydrogen (secondary N) is 1. The first-order valence-electron chi connectivity index (χ1n) is 19.1. The smallest absolute Gasteiger partial charge is 0.335 e. The van der Waals surface area contributed by atoms with Gasteiger partial charge in [-0.3, -0.25) is 13.7 Å². The third-order valence-electron chi connectivity index (χ3n) is 9.58. The first kappa shape index (κ1) is 48.2. The molecule has 0 aliphatic heterocycles. The molecule has 0 aromatic heterocycles. The molecular weight excluding hydrogens is 923 g/mol. The van der Waals surface area contributed by atoms with Crippen molar-refractivity contribution in [2.75, 3.05) is 24.8 Å². The van der Waals surface area contributed by atoms with Crippen LogP contribution in [0, 0.1) is 20.8 Å². The average molecular weight is 962 g/mol. The molecule has 6 rings (SSSR count). The third kappa shape index (κ3) is 11.9. The molecule has 6 aromatic carbocycles. The van der Waals surface area contributed by atoms with Crippen LogP contribution in [-0.4, -0.2) is 74.6 Å². The number of ether oxygens (including phenoxy) is 2. The van der Waals surface area contributed by atoms with Crippen LogP contribution in [0.25, 0.3) is 10.8 Å². The van der Waals surface area contributed by atoms with E-state index >= 15 is 0 Å². The summed E-state index contributed by atoms with van der Waals surface area (Å²) in [5.74, 6) is -1.94. The van der Waals surface area contributed by atoms with E-state index in [0.29, 0.717) is 39.5 Å². The molecule has 0 atom stereocenters. The Balaban J connectivity index is 1.30. The van der Waals surface area contributed by atoms with Gasteiger partial charge in [0.05, 0.1) is 42.1 Å². The zero-order valence-corrected chi connectivity index (χ0v) is 37.5. The first-order valence-corrected chi connectivity index (χ1v) is 23.6. The molecule has 0 amide bonds. The lowest BCUT2D eigenvalue weighted by Crippen LogP contribution is -2.08. The fourth-order valence-electron chi connectivity index (χ4n) is 6.21. The molecule has 0 heterocycles. The molecule has 0 saturated carbocycles. The molecule has 0 saturated heterocycles. The highest BCUT2D eigenvalue weighted by Gasteiger charge is 2.23. The number of hydrogen-bond acceptors (Lipinski definition) is 17. The monoisotopic (exact) mass is 961 g/mol. The minimum absolute atomic E-state index is 0.0132. The van der Waals surface area contributed by atoms with E-state index in [2.05, 4.69) is 36.0 Å². The third-order valence-corrected chi connectivity index (χ3v) is 12.1. The minimum Gasteiger partial charge on any atom is -0.505 e. The zero-order chi connectivity index (χ0) is 48.1. The molecule has 0 aliphatic rings. The van der Waals surface area contributed by atoms with Crippen LogP contribution in [-0.2, 0) is 30.4 Å². The topological polar surface area (TPSA) is 325 Å². The Hall–Kier alpha value is -7.22. The Morgan fingerprint density at radius 1 is 0.621 bits per heavy atom. The number of azo groups is 3. The second-order valence-electron chi connectivity index (χ2n) is 14.4. The summed E-state index contributed by atoms with van der Waals surface area (Å²) in [4.78, 5) is 9.91. The van der Waals surface area contributed by atoms with E-state index in [1.807, 2.05) is 0 Å². The molecule has 66 heavy (non-hydrogen) atoms. The number of phenols is 1. The number of benzene rings is 6. The van der Waals surface area contributed by atoms with Gasteiger partial charge in [-0.15, -0.1) is 15.3 Å². The molecule has 0 spiro atoms. The number of carboxylic acid groups (broad SMARTS) is 1. The van der Waals surface area contributed by atoms with Crippen molar-refractivity contribution < 1.29 is 63.4 Å². The SMILES string of the molecule is COc1ccc(Nc2ccc3c(O)c(N=Nc4cc(C)c(N=Nc5cc(C)c(N=Nc6ccc(C(=O)O)cc6S(=O)(=O)O)cc5OCCCS(=O)(=O)O)cc4C)c(S(=O)(=O)O)cc3c2)cc1. The summed E-state index contributed by atoms with van der Waals surface area (Å²) < 4.78 is 112.